The van der Waals surface area contributed by atoms with Crippen molar-refractivity contribution in [3.05, 3.63) is 132 Å². The molecule has 1 aromatic heterocycles. The van der Waals surface area contributed by atoms with Gasteiger partial charge in [0.1, 0.15) is 5.75 Å². The van der Waals surface area contributed by atoms with Crippen molar-refractivity contribution >= 4 is 37.8 Å². The molecule has 1 N–H and O–H groups in total. The molecule has 1 saturated heterocycles. The standard InChI is InChI=1S/C41H44FN5O5Si/c1-28-39(53(3,4)42)38(20-21-45-25-36(43-44-45)34(26-48)30-13-7-5-8-14-30)52-41(28)35-23-33(51-2)18-19-37(35)46(40(41)50)24-29-12-11-17-32(22-29)47(27-49)31-15-9-6-10-16-31/h5-19,22-23,25,27-28,34,38-39,48H,20-21,24,26H2,1-4H3/t28-,34?,38+,39-,41+/m1/s1. The molecule has 7 rings (SSSR count). The lowest BCUT2D eigenvalue weighted by molar-refractivity contribution is -0.146. The Kier molecular flexibility index (Phi) is 10.0. The number of hydrogen-bond donors (Lipinski definition) is 1. The minimum atomic E-state index is -3.41. The first-order valence-electron chi connectivity index (χ1n) is 17.9. The van der Waals surface area contributed by atoms with Crippen molar-refractivity contribution in [2.75, 3.05) is 23.5 Å². The van der Waals surface area contributed by atoms with Crippen LogP contribution in [0.1, 0.15) is 41.6 Å². The topological polar surface area (TPSA) is 110 Å². The Morgan fingerprint density at radius 1 is 1.02 bits per heavy atom. The Labute approximate surface area is 310 Å². The Morgan fingerprint density at radius 3 is 2.42 bits per heavy atom. The molecule has 2 aliphatic rings. The van der Waals surface area contributed by atoms with Gasteiger partial charge in [0.2, 0.25) is 14.8 Å². The molecule has 10 nitrogen and oxygen atoms in total. The minimum absolute atomic E-state index is 0.119. The minimum Gasteiger partial charge on any atom is -0.497 e. The van der Waals surface area contributed by atoms with E-state index in [0.29, 0.717) is 41.3 Å². The number of carbonyl (C=O) groups excluding carboxylic acids is 2. The van der Waals surface area contributed by atoms with Gasteiger partial charge in [-0.3, -0.25) is 19.2 Å². The molecular formula is C41H44FN5O5Si. The molecule has 1 unspecified atom stereocenters. The van der Waals surface area contributed by atoms with Gasteiger partial charge in [-0.05, 0) is 73.1 Å². The van der Waals surface area contributed by atoms with Crippen molar-refractivity contribution in [1.29, 1.82) is 0 Å². The van der Waals surface area contributed by atoms with Crippen molar-refractivity contribution in [1.82, 2.24) is 15.0 Å². The summed E-state index contributed by atoms with van der Waals surface area (Å²) in [4.78, 5) is 30.5. The number of methoxy groups -OCH3 is 1. The van der Waals surface area contributed by atoms with Gasteiger partial charge < -0.3 is 23.6 Å². The van der Waals surface area contributed by atoms with E-state index in [2.05, 4.69) is 10.3 Å². The van der Waals surface area contributed by atoms with E-state index in [9.17, 15) is 14.7 Å². The van der Waals surface area contributed by atoms with E-state index in [1.165, 1.54) is 0 Å². The molecule has 2 aliphatic heterocycles. The molecule has 5 atom stereocenters. The van der Waals surface area contributed by atoms with Crippen molar-refractivity contribution in [3.8, 4) is 5.75 Å². The Morgan fingerprint density at radius 2 is 1.74 bits per heavy atom. The average Bonchev–Trinajstić information content (AvgIpc) is 3.82. The summed E-state index contributed by atoms with van der Waals surface area (Å²) in [5.41, 5.74) is 3.18. The Bertz CT molecular complexity index is 2080. The summed E-state index contributed by atoms with van der Waals surface area (Å²) in [7, 11) is -1.84. The van der Waals surface area contributed by atoms with Crippen LogP contribution < -0.4 is 14.5 Å². The molecule has 3 heterocycles. The number of hydrogen-bond acceptors (Lipinski definition) is 7. The fourth-order valence-corrected chi connectivity index (χ4v) is 10.9. The van der Waals surface area contributed by atoms with Crippen LogP contribution in [0.2, 0.25) is 18.6 Å². The van der Waals surface area contributed by atoms with Crippen molar-refractivity contribution in [2.45, 2.75) is 62.7 Å². The Balaban J connectivity index is 1.19. The number of rotatable bonds is 13. The summed E-state index contributed by atoms with van der Waals surface area (Å²) in [5, 5.41) is 18.9. The van der Waals surface area contributed by atoms with Gasteiger partial charge in [-0.25, -0.2) is 0 Å². The number of benzene rings is 4. The second-order valence-electron chi connectivity index (χ2n) is 14.4. The van der Waals surface area contributed by atoms with E-state index < -0.39 is 31.6 Å². The van der Waals surface area contributed by atoms with Crippen LogP contribution >= 0.6 is 0 Å². The summed E-state index contributed by atoms with van der Waals surface area (Å²) < 4.78 is 30.8. The normalized spacial score (nSPS) is 21.5. The van der Waals surface area contributed by atoms with Crippen LogP contribution in [0, 0.1) is 5.92 Å². The third-order valence-electron chi connectivity index (χ3n) is 10.8. The summed E-state index contributed by atoms with van der Waals surface area (Å²) in [5.74, 6) is -0.490. The zero-order valence-electron chi connectivity index (χ0n) is 30.3. The first kappa shape index (κ1) is 36.2. The number of aliphatic hydroxyl groups is 1. The van der Waals surface area contributed by atoms with Crippen LogP contribution in [0.25, 0.3) is 0 Å². The maximum atomic E-state index is 16.5. The maximum absolute atomic E-state index is 16.5. The molecule has 5 aromatic rings. The van der Waals surface area contributed by atoms with E-state index in [1.54, 1.807) is 34.7 Å². The second kappa shape index (κ2) is 14.7. The van der Waals surface area contributed by atoms with Gasteiger partial charge in [0.15, 0.2) is 5.60 Å². The van der Waals surface area contributed by atoms with Crippen LogP contribution in [0.5, 0.6) is 5.75 Å². The molecule has 274 valence electrons. The summed E-state index contributed by atoms with van der Waals surface area (Å²) in [6.45, 7) is 5.79. The second-order valence-corrected chi connectivity index (χ2v) is 18.2. The number of nitrogens with zero attached hydrogens (tertiary/aromatic N) is 5. The van der Waals surface area contributed by atoms with Gasteiger partial charge in [0.05, 0.1) is 43.7 Å². The largest absolute Gasteiger partial charge is 0.497 e. The fourth-order valence-electron chi connectivity index (χ4n) is 8.32. The molecule has 1 fully saturated rings. The van der Waals surface area contributed by atoms with E-state index >= 15 is 4.11 Å². The number of fused-ring (bicyclic) bond motifs is 2. The van der Waals surface area contributed by atoms with Gasteiger partial charge in [-0.2, -0.15) is 0 Å². The van der Waals surface area contributed by atoms with Crippen LogP contribution in [-0.2, 0) is 33.0 Å². The SMILES string of the molecule is COc1ccc2c(c1)[C@]1(O[C@@H](CCn3cc(C(CO)c4ccccc4)nn3)[C@H]([Si](C)(C)F)[C@H]1C)C(=O)N2Cc1cccc(N(C=O)c2ccccc2)c1. The number of carbonyl (C=O) groups is 2. The highest BCUT2D eigenvalue weighted by atomic mass is 28.4. The maximum Gasteiger partial charge on any atom is 0.264 e. The van der Waals surface area contributed by atoms with E-state index in [4.69, 9.17) is 9.47 Å². The molecule has 2 amide bonds. The lowest BCUT2D eigenvalue weighted by atomic mass is 9.82. The van der Waals surface area contributed by atoms with Crippen molar-refractivity contribution in [3.63, 3.8) is 0 Å². The zero-order chi connectivity index (χ0) is 37.3. The first-order valence-corrected chi connectivity index (χ1v) is 20.9. The van der Waals surface area contributed by atoms with Gasteiger partial charge in [0.25, 0.3) is 5.91 Å². The smallest absolute Gasteiger partial charge is 0.264 e. The summed E-state index contributed by atoms with van der Waals surface area (Å²) >= 11 is 0. The van der Waals surface area contributed by atoms with Gasteiger partial charge >= 0.3 is 0 Å². The molecule has 0 radical (unpaired) electrons. The van der Waals surface area contributed by atoms with Crippen molar-refractivity contribution < 1.29 is 28.3 Å². The molecule has 12 heteroatoms. The zero-order valence-corrected chi connectivity index (χ0v) is 31.3. The Hall–Kier alpha value is -5.17. The first-order chi connectivity index (χ1) is 25.6. The van der Waals surface area contributed by atoms with Crippen molar-refractivity contribution in [2.24, 2.45) is 5.92 Å². The fraction of sp³-hybridized carbons (Fsp3) is 0.317. The molecule has 0 aliphatic carbocycles. The predicted molar refractivity (Wildman–Crippen MR) is 203 cm³/mol. The number of aliphatic hydroxyl groups excluding tert-OH is 1. The van der Waals surface area contributed by atoms with Gasteiger partial charge in [-0.1, -0.05) is 72.8 Å². The number of ether oxygens (including phenoxy) is 2. The van der Waals surface area contributed by atoms with E-state index in [0.717, 1.165) is 23.2 Å². The number of anilines is 3. The molecule has 0 bridgehead atoms. The highest BCUT2D eigenvalue weighted by Crippen LogP contribution is 2.60. The van der Waals surface area contributed by atoms with Crippen LogP contribution in [0.15, 0.2) is 109 Å². The van der Waals surface area contributed by atoms with Crippen LogP contribution in [0.3, 0.4) is 0 Å². The summed E-state index contributed by atoms with van der Waals surface area (Å²) in [6, 6.07) is 32.1. The third kappa shape index (κ3) is 6.66. The lowest BCUT2D eigenvalue weighted by Crippen LogP contribution is -2.45. The quantitative estimate of drug-likeness (QED) is 0.0780. The molecule has 0 saturated carbocycles. The highest BCUT2D eigenvalue weighted by molar-refractivity contribution is 6.72. The molecule has 1 spiro atoms. The molecule has 4 aromatic carbocycles. The molecular weight excluding hydrogens is 690 g/mol. The van der Waals surface area contributed by atoms with E-state index in [1.807, 2.05) is 116 Å². The third-order valence-corrected chi connectivity index (χ3v) is 13.2. The lowest BCUT2D eigenvalue weighted by Gasteiger charge is -2.31. The number of aryl methyl sites for hydroxylation is 1. The van der Waals surface area contributed by atoms with Gasteiger partial charge in [-0.15, -0.1) is 5.10 Å². The number of amides is 2. The van der Waals surface area contributed by atoms with Crippen LogP contribution in [-0.4, -0.2) is 60.6 Å². The number of halogens is 1. The average molecular weight is 734 g/mol. The number of aromatic nitrogens is 3. The number of para-hydroxylation sites is 1. The van der Waals surface area contributed by atoms with Gasteiger partial charge in [0, 0.05) is 41.1 Å². The van der Waals surface area contributed by atoms with Crippen LogP contribution in [0.4, 0.5) is 21.2 Å². The predicted octanol–water partition coefficient (Wildman–Crippen LogP) is 7.12. The van der Waals surface area contributed by atoms with E-state index in [-0.39, 0.29) is 25.0 Å². The molecule has 53 heavy (non-hydrogen) atoms. The monoisotopic (exact) mass is 733 g/mol. The highest BCUT2D eigenvalue weighted by Gasteiger charge is 2.66. The summed E-state index contributed by atoms with van der Waals surface area (Å²) in [6.07, 6.45) is 2.42.